The molecule has 0 bridgehead atoms. The fraction of sp³-hybridized carbons (Fsp3) is 0.727. The van der Waals surface area contributed by atoms with Gasteiger partial charge in [0.1, 0.15) is 5.60 Å². The van der Waals surface area contributed by atoms with Gasteiger partial charge in [-0.3, -0.25) is 9.59 Å². The van der Waals surface area contributed by atoms with Crippen molar-refractivity contribution in [3.63, 3.8) is 0 Å². The maximum atomic E-state index is 11.6. The fourth-order valence-corrected chi connectivity index (χ4v) is 1.55. The summed E-state index contributed by atoms with van der Waals surface area (Å²) in [7, 11) is 0. The number of aliphatic carboxylic acids is 1. The minimum atomic E-state index is -0.998. The van der Waals surface area contributed by atoms with Crippen molar-refractivity contribution in [3.05, 3.63) is 0 Å². The Morgan fingerprint density at radius 1 is 1.41 bits per heavy atom. The topological polar surface area (TPSA) is 83.9 Å². The lowest BCUT2D eigenvalue weighted by Crippen LogP contribution is -2.46. The van der Waals surface area contributed by atoms with Crippen LogP contribution in [-0.2, 0) is 14.3 Å². The number of carboxylic acid groups (broad SMARTS) is 1. The second-order valence-corrected chi connectivity index (χ2v) is 5.05. The molecular formula is C11H17NO5. The van der Waals surface area contributed by atoms with E-state index >= 15 is 0 Å². The van der Waals surface area contributed by atoms with Crippen LogP contribution in [0.4, 0.5) is 4.79 Å². The van der Waals surface area contributed by atoms with E-state index in [1.807, 2.05) is 0 Å². The average molecular weight is 243 g/mol. The van der Waals surface area contributed by atoms with Crippen LogP contribution in [0.15, 0.2) is 0 Å². The molecule has 1 fully saturated rings. The predicted octanol–water partition coefficient (Wildman–Crippen LogP) is 1.24. The Bertz CT molecular complexity index is 344. The van der Waals surface area contributed by atoms with Gasteiger partial charge < -0.3 is 9.84 Å². The lowest BCUT2D eigenvalue weighted by atomic mass is 9.97. The van der Waals surface area contributed by atoms with E-state index in [1.165, 1.54) is 0 Å². The zero-order chi connectivity index (χ0) is 13.2. The van der Waals surface area contributed by atoms with E-state index in [1.54, 1.807) is 20.8 Å². The summed E-state index contributed by atoms with van der Waals surface area (Å²) >= 11 is 0. The minimum absolute atomic E-state index is 0.102. The number of carbonyl (C=O) groups is 3. The van der Waals surface area contributed by atoms with E-state index in [4.69, 9.17) is 9.84 Å². The summed E-state index contributed by atoms with van der Waals surface area (Å²) in [5.74, 6) is -2.18. The molecular weight excluding hydrogens is 226 g/mol. The molecule has 0 aliphatic carbocycles. The quantitative estimate of drug-likeness (QED) is 0.749. The van der Waals surface area contributed by atoms with Crippen LogP contribution < -0.4 is 0 Å². The molecule has 0 aromatic carbocycles. The normalized spacial score (nSPS) is 21.2. The van der Waals surface area contributed by atoms with Gasteiger partial charge >= 0.3 is 12.1 Å². The fourth-order valence-electron chi connectivity index (χ4n) is 1.55. The maximum Gasteiger partial charge on any atom is 0.417 e. The molecule has 2 amide bonds. The summed E-state index contributed by atoms with van der Waals surface area (Å²) in [6.45, 7) is 5.23. The number of carbonyl (C=O) groups excluding carboxylic acids is 2. The molecule has 17 heavy (non-hydrogen) atoms. The van der Waals surface area contributed by atoms with Crippen molar-refractivity contribution >= 4 is 18.0 Å². The number of rotatable bonds is 1. The molecule has 1 N–H and O–H groups in total. The number of nitrogens with zero attached hydrogens (tertiary/aromatic N) is 1. The highest BCUT2D eigenvalue weighted by molar-refractivity contribution is 5.94. The number of imide groups is 1. The zero-order valence-corrected chi connectivity index (χ0v) is 10.2. The first kappa shape index (κ1) is 13.5. The number of amides is 2. The van der Waals surface area contributed by atoms with Gasteiger partial charge in [-0.1, -0.05) is 0 Å². The number of hydrogen-bond acceptors (Lipinski definition) is 4. The first-order valence-corrected chi connectivity index (χ1v) is 5.47. The molecule has 6 heteroatoms. The van der Waals surface area contributed by atoms with E-state index in [0.717, 1.165) is 4.90 Å². The molecule has 6 nitrogen and oxygen atoms in total. The van der Waals surface area contributed by atoms with Crippen molar-refractivity contribution in [2.24, 2.45) is 5.92 Å². The maximum absolute atomic E-state index is 11.6. The Kier molecular flexibility index (Phi) is 3.75. The molecule has 1 saturated heterocycles. The zero-order valence-electron chi connectivity index (χ0n) is 10.2. The first-order valence-electron chi connectivity index (χ1n) is 5.47. The van der Waals surface area contributed by atoms with Crippen LogP contribution in [-0.4, -0.2) is 40.1 Å². The number of carboxylic acids is 1. The second-order valence-electron chi connectivity index (χ2n) is 5.05. The second kappa shape index (κ2) is 4.73. The lowest BCUT2D eigenvalue weighted by molar-refractivity contribution is -0.149. The van der Waals surface area contributed by atoms with Gasteiger partial charge in [-0.25, -0.2) is 9.69 Å². The summed E-state index contributed by atoms with van der Waals surface area (Å²) in [6, 6.07) is 0. The van der Waals surface area contributed by atoms with Crippen molar-refractivity contribution in [2.75, 3.05) is 6.54 Å². The monoisotopic (exact) mass is 243 g/mol. The highest BCUT2D eigenvalue weighted by Crippen LogP contribution is 2.20. The molecule has 0 spiro atoms. The Labute approximate surface area is 99.5 Å². The molecule has 1 aliphatic rings. The van der Waals surface area contributed by atoms with Gasteiger partial charge in [0.15, 0.2) is 0 Å². The average Bonchev–Trinajstić information content (AvgIpc) is 2.14. The summed E-state index contributed by atoms with van der Waals surface area (Å²) in [5, 5.41) is 8.78. The molecule has 0 saturated carbocycles. The molecule has 1 aliphatic heterocycles. The van der Waals surface area contributed by atoms with Gasteiger partial charge in [0.05, 0.1) is 5.92 Å². The Morgan fingerprint density at radius 2 is 2.00 bits per heavy atom. The van der Waals surface area contributed by atoms with Gasteiger partial charge in [0.2, 0.25) is 5.91 Å². The van der Waals surface area contributed by atoms with Crippen molar-refractivity contribution < 1.29 is 24.2 Å². The van der Waals surface area contributed by atoms with E-state index in [0.29, 0.717) is 0 Å². The van der Waals surface area contributed by atoms with Crippen molar-refractivity contribution in [3.8, 4) is 0 Å². The van der Waals surface area contributed by atoms with Crippen LogP contribution in [0.5, 0.6) is 0 Å². The summed E-state index contributed by atoms with van der Waals surface area (Å²) in [5.41, 5.74) is -0.666. The molecule has 0 aromatic rings. The van der Waals surface area contributed by atoms with E-state index in [2.05, 4.69) is 0 Å². The predicted molar refractivity (Wildman–Crippen MR) is 58.3 cm³/mol. The van der Waals surface area contributed by atoms with Gasteiger partial charge in [-0.2, -0.15) is 0 Å². The third-order valence-electron chi connectivity index (χ3n) is 2.39. The first-order chi connectivity index (χ1) is 7.70. The number of hydrogen-bond donors (Lipinski definition) is 1. The van der Waals surface area contributed by atoms with E-state index in [-0.39, 0.29) is 19.4 Å². The Balaban J connectivity index is 2.61. The van der Waals surface area contributed by atoms with Crippen molar-refractivity contribution in [2.45, 2.75) is 39.2 Å². The van der Waals surface area contributed by atoms with Crippen LogP contribution >= 0.6 is 0 Å². The van der Waals surface area contributed by atoms with Crippen molar-refractivity contribution in [1.29, 1.82) is 0 Å². The largest absolute Gasteiger partial charge is 0.481 e. The van der Waals surface area contributed by atoms with Crippen LogP contribution in [0.3, 0.4) is 0 Å². The van der Waals surface area contributed by atoms with E-state index in [9.17, 15) is 14.4 Å². The molecule has 0 unspecified atom stereocenters. The SMILES string of the molecule is CC(C)(C)OC(=O)N1CC[C@H](C(=O)O)CC1=O. The van der Waals surface area contributed by atoms with Gasteiger partial charge in [0.25, 0.3) is 0 Å². The lowest BCUT2D eigenvalue weighted by Gasteiger charge is -2.30. The van der Waals surface area contributed by atoms with Gasteiger partial charge in [-0.05, 0) is 27.2 Å². The van der Waals surface area contributed by atoms with Crippen LogP contribution in [0.2, 0.25) is 0 Å². The molecule has 96 valence electrons. The minimum Gasteiger partial charge on any atom is -0.481 e. The molecule has 0 aromatic heterocycles. The number of piperidine rings is 1. The third kappa shape index (κ3) is 3.72. The standard InChI is InChI=1S/C11H17NO5/c1-11(2,3)17-10(16)12-5-4-7(9(14)15)6-8(12)13/h7H,4-6H2,1-3H3,(H,14,15)/t7-/m0/s1. The summed E-state index contributed by atoms with van der Waals surface area (Å²) in [4.78, 5) is 34.9. The summed E-state index contributed by atoms with van der Waals surface area (Å²) < 4.78 is 5.06. The van der Waals surface area contributed by atoms with Crippen LogP contribution in [0.1, 0.15) is 33.6 Å². The highest BCUT2D eigenvalue weighted by atomic mass is 16.6. The van der Waals surface area contributed by atoms with Gasteiger partial charge in [-0.15, -0.1) is 0 Å². The van der Waals surface area contributed by atoms with E-state index < -0.39 is 29.5 Å². The summed E-state index contributed by atoms with van der Waals surface area (Å²) in [6.07, 6.45) is -0.569. The molecule has 1 atom stereocenters. The molecule has 0 radical (unpaired) electrons. The van der Waals surface area contributed by atoms with Crippen LogP contribution in [0, 0.1) is 5.92 Å². The number of likely N-dealkylation sites (tertiary alicyclic amines) is 1. The van der Waals surface area contributed by atoms with Crippen LogP contribution in [0.25, 0.3) is 0 Å². The third-order valence-corrected chi connectivity index (χ3v) is 2.39. The molecule has 1 heterocycles. The molecule has 1 rings (SSSR count). The van der Waals surface area contributed by atoms with Crippen molar-refractivity contribution in [1.82, 2.24) is 4.90 Å². The van der Waals surface area contributed by atoms with Gasteiger partial charge in [0, 0.05) is 13.0 Å². The Morgan fingerprint density at radius 3 is 2.41 bits per heavy atom. The highest BCUT2D eigenvalue weighted by Gasteiger charge is 2.35. The number of ether oxygens (including phenoxy) is 1. The smallest absolute Gasteiger partial charge is 0.417 e. The Hall–Kier alpha value is -1.59.